The van der Waals surface area contributed by atoms with E-state index in [4.69, 9.17) is 4.74 Å². The number of hydrogen-bond acceptors (Lipinski definition) is 8. The number of aliphatic hydroxyl groups is 1. The molecule has 0 amide bonds. The van der Waals surface area contributed by atoms with Gasteiger partial charge in [-0.3, -0.25) is 4.90 Å². The Kier molecular flexibility index (Phi) is 7.87. The zero-order chi connectivity index (χ0) is 28.6. The highest BCUT2D eigenvalue weighted by molar-refractivity contribution is 7.18. The summed E-state index contributed by atoms with van der Waals surface area (Å²) in [6, 6.07) is 12.2. The van der Waals surface area contributed by atoms with Crippen molar-refractivity contribution in [3.8, 4) is 6.07 Å². The van der Waals surface area contributed by atoms with Crippen molar-refractivity contribution in [3.63, 3.8) is 0 Å². The summed E-state index contributed by atoms with van der Waals surface area (Å²) < 4.78 is 46.4. The molecule has 6 rings (SSSR count). The fourth-order valence-electron chi connectivity index (χ4n) is 5.52. The molecule has 4 aromatic rings. The van der Waals surface area contributed by atoms with E-state index in [9.17, 15) is 23.5 Å². The largest absolute Gasteiger partial charge is 0.394 e. The Bertz CT molecular complexity index is 1570. The number of ether oxygens (including phenoxy) is 1. The first-order valence-corrected chi connectivity index (χ1v) is 14.7. The zero-order valence-corrected chi connectivity index (χ0v) is 23.2. The van der Waals surface area contributed by atoms with E-state index in [0.717, 1.165) is 73.1 Å². The second kappa shape index (κ2) is 11.6. The van der Waals surface area contributed by atoms with E-state index in [1.807, 2.05) is 16.7 Å². The summed E-state index contributed by atoms with van der Waals surface area (Å²) in [5.41, 5.74) is 2.66. The minimum Gasteiger partial charge on any atom is -0.394 e. The first-order valence-electron chi connectivity index (χ1n) is 13.9. The van der Waals surface area contributed by atoms with E-state index in [1.54, 1.807) is 6.07 Å². The van der Waals surface area contributed by atoms with Gasteiger partial charge in [-0.1, -0.05) is 6.07 Å². The smallest absolute Gasteiger partial charge is 0.393 e. The molecule has 3 aromatic heterocycles. The highest BCUT2D eigenvalue weighted by atomic mass is 32.1. The molecule has 0 spiro atoms. The number of nitrogens with zero attached hydrogens (tertiary/aromatic N) is 5. The Hall–Kier alpha value is -3.24. The van der Waals surface area contributed by atoms with E-state index >= 15 is 0 Å². The van der Waals surface area contributed by atoms with Crippen LogP contribution in [-0.4, -0.2) is 68.7 Å². The van der Waals surface area contributed by atoms with E-state index < -0.39 is 12.6 Å². The monoisotopic (exact) mass is 584 g/mol. The number of nitrogens with one attached hydrogen (secondary N) is 1. The summed E-state index contributed by atoms with van der Waals surface area (Å²) in [6.07, 6.45) is -0.117. The van der Waals surface area contributed by atoms with Crippen molar-refractivity contribution >= 4 is 38.3 Å². The first kappa shape index (κ1) is 27.9. The van der Waals surface area contributed by atoms with E-state index in [1.165, 1.54) is 6.33 Å². The van der Waals surface area contributed by atoms with Gasteiger partial charge in [0.2, 0.25) is 0 Å². The molecule has 8 nitrogen and oxygen atoms in total. The SMILES string of the molecule is N#Cc1cc2cc(CN3CCC(Nc4ncnc5sc(CC(F)(F)F)cc45)CC3)ccc2n1CC(CO)OC1CC1. The van der Waals surface area contributed by atoms with Crippen LogP contribution in [0.1, 0.15) is 41.8 Å². The van der Waals surface area contributed by atoms with Crippen LogP contribution in [0, 0.1) is 11.3 Å². The molecule has 0 radical (unpaired) electrons. The number of thiophene rings is 1. The Morgan fingerprint density at radius 3 is 2.66 bits per heavy atom. The number of anilines is 1. The standard InChI is InChI=1S/C29H31F3N6O2S/c30-29(31,32)12-24-11-25-27(34-17-35-28(25)41-24)36-20-5-7-37(8-6-20)14-18-1-4-26-19(9-18)10-21(13-33)38(26)15-23(16-39)40-22-2-3-22/h1,4,9-11,17,20,22-23,39H,2-3,5-8,12,14-16H2,(H,34,35,36). The van der Waals surface area contributed by atoms with Crippen LogP contribution in [0.2, 0.25) is 0 Å². The van der Waals surface area contributed by atoms with E-state index in [2.05, 4.69) is 38.4 Å². The van der Waals surface area contributed by atoms with Gasteiger partial charge in [-0.15, -0.1) is 11.3 Å². The summed E-state index contributed by atoms with van der Waals surface area (Å²) in [7, 11) is 0. The number of aromatic nitrogens is 3. The molecule has 1 atom stereocenters. The predicted molar refractivity (Wildman–Crippen MR) is 151 cm³/mol. The highest BCUT2D eigenvalue weighted by Gasteiger charge is 2.30. The number of hydrogen-bond donors (Lipinski definition) is 2. The maximum Gasteiger partial charge on any atom is 0.393 e. The van der Waals surface area contributed by atoms with Crippen LogP contribution < -0.4 is 5.32 Å². The summed E-state index contributed by atoms with van der Waals surface area (Å²) in [5, 5.41) is 24.6. The number of benzene rings is 1. The molecule has 0 bridgehead atoms. The number of halogens is 3. The lowest BCUT2D eigenvalue weighted by molar-refractivity contribution is -0.126. The molecule has 4 heterocycles. The van der Waals surface area contributed by atoms with Gasteiger partial charge in [0.15, 0.2) is 0 Å². The molecule has 1 unspecified atom stereocenters. The molecule has 1 aromatic carbocycles. The number of piperidine rings is 1. The van der Waals surface area contributed by atoms with Gasteiger partial charge in [0.1, 0.15) is 28.7 Å². The predicted octanol–water partition coefficient (Wildman–Crippen LogP) is 5.24. The van der Waals surface area contributed by atoms with Gasteiger partial charge in [-0.2, -0.15) is 18.4 Å². The van der Waals surface area contributed by atoms with Gasteiger partial charge < -0.3 is 19.7 Å². The first-order chi connectivity index (χ1) is 19.8. The number of alkyl halides is 3. The minimum atomic E-state index is -4.26. The van der Waals surface area contributed by atoms with Crippen LogP contribution in [-0.2, 0) is 24.2 Å². The molecule has 1 saturated carbocycles. The van der Waals surface area contributed by atoms with Crippen LogP contribution in [0.4, 0.5) is 19.0 Å². The minimum absolute atomic E-state index is 0.0849. The van der Waals surface area contributed by atoms with Gasteiger partial charge in [0.05, 0.1) is 37.2 Å². The second-order valence-electron chi connectivity index (χ2n) is 10.9. The Balaban J connectivity index is 1.08. The maximum atomic E-state index is 12.9. The number of rotatable bonds is 10. The van der Waals surface area contributed by atoms with Crippen LogP contribution in [0.3, 0.4) is 0 Å². The summed E-state index contributed by atoms with van der Waals surface area (Å²) in [4.78, 5) is 11.7. The Morgan fingerprint density at radius 2 is 1.95 bits per heavy atom. The van der Waals surface area contributed by atoms with Crippen LogP contribution in [0.5, 0.6) is 0 Å². The lowest BCUT2D eigenvalue weighted by Gasteiger charge is -2.32. The van der Waals surface area contributed by atoms with Crippen molar-refractivity contribution in [1.29, 1.82) is 5.26 Å². The van der Waals surface area contributed by atoms with Gasteiger partial charge in [0.25, 0.3) is 0 Å². The normalized spacial score (nSPS) is 17.7. The Morgan fingerprint density at radius 1 is 1.15 bits per heavy atom. The van der Waals surface area contributed by atoms with Crippen LogP contribution in [0.15, 0.2) is 36.7 Å². The van der Waals surface area contributed by atoms with Crippen LogP contribution >= 0.6 is 11.3 Å². The molecule has 1 saturated heterocycles. The lowest BCUT2D eigenvalue weighted by atomic mass is 10.0. The molecule has 1 aliphatic carbocycles. The molecule has 41 heavy (non-hydrogen) atoms. The number of aliphatic hydroxyl groups excluding tert-OH is 1. The van der Waals surface area contributed by atoms with Crippen molar-refractivity contribution in [1.82, 2.24) is 19.4 Å². The number of fused-ring (bicyclic) bond motifs is 2. The third-order valence-electron chi connectivity index (χ3n) is 7.67. The maximum absolute atomic E-state index is 12.9. The summed E-state index contributed by atoms with van der Waals surface area (Å²) >= 11 is 1.06. The quantitative estimate of drug-likeness (QED) is 0.263. The van der Waals surface area contributed by atoms with Crippen LogP contribution in [0.25, 0.3) is 21.1 Å². The van der Waals surface area contributed by atoms with Crippen molar-refractivity contribution in [2.24, 2.45) is 0 Å². The molecule has 2 N–H and O–H groups in total. The third kappa shape index (κ3) is 6.64. The van der Waals surface area contributed by atoms with E-state index in [0.29, 0.717) is 28.3 Å². The molecule has 2 fully saturated rings. The fourth-order valence-corrected chi connectivity index (χ4v) is 6.55. The molecular weight excluding hydrogens is 553 g/mol. The number of nitriles is 1. The molecule has 216 valence electrons. The van der Waals surface area contributed by atoms with Gasteiger partial charge >= 0.3 is 6.18 Å². The lowest BCUT2D eigenvalue weighted by Crippen LogP contribution is -2.38. The molecular formula is C29H31F3N6O2S. The number of likely N-dealkylation sites (tertiary alicyclic amines) is 1. The molecule has 1 aliphatic heterocycles. The van der Waals surface area contributed by atoms with Gasteiger partial charge in [-0.25, -0.2) is 9.97 Å². The summed E-state index contributed by atoms with van der Waals surface area (Å²) in [6.45, 7) is 2.87. The highest BCUT2D eigenvalue weighted by Crippen LogP contribution is 2.33. The molecule has 12 heteroatoms. The third-order valence-corrected chi connectivity index (χ3v) is 8.71. The topological polar surface area (TPSA) is 99.2 Å². The average molecular weight is 585 g/mol. The Labute approximate surface area is 239 Å². The van der Waals surface area contributed by atoms with Crippen molar-refractivity contribution in [2.45, 2.75) is 69.6 Å². The zero-order valence-electron chi connectivity index (χ0n) is 22.4. The average Bonchev–Trinajstić information content (AvgIpc) is 3.56. The molecule has 2 aliphatic rings. The fraction of sp³-hybridized carbons (Fsp3) is 0.483. The van der Waals surface area contributed by atoms with Crippen molar-refractivity contribution in [2.75, 3.05) is 25.0 Å². The van der Waals surface area contributed by atoms with Gasteiger partial charge in [0, 0.05) is 41.5 Å². The second-order valence-corrected chi connectivity index (χ2v) is 12.0. The van der Waals surface area contributed by atoms with Crippen molar-refractivity contribution < 1.29 is 23.0 Å². The van der Waals surface area contributed by atoms with Gasteiger partial charge in [-0.05, 0) is 55.5 Å². The van der Waals surface area contributed by atoms with E-state index in [-0.39, 0.29) is 29.7 Å². The summed E-state index contributed by atoms with van der Waals surface area (Å²) in [5.74, 6) is 0.590. The van der Waals surface area contributed by atoms with Crippen molar-refractivity contribution in [3.05, 3.63) is 52.8 Å².